The third kappa shape index (κ3) is 7.47. The van der Waals surface area contributed by atoms with Gasteiger partial charge in [0, 0.05) is 12.3 Å². The maximum absolute atomic E-state index is 13.0. The molecule has 7 heteroatoms. The van der Waals surface area contributed by atoms with Crippen molar-refractivity contribution in [2.24, 2.45) is 0 Å². The van der Waals surface area contributed by atoms with Crippen molar-refractivity contribution >= 4 is 18.0 Å². The van der Waals surface area contributed by atoms with Gasteiger partial charge in [-0.2, -0.15) is 0 Å². The van der Waals surface area contributed by atoms with Crippen LogP contribution in [0.4, 0.5) is 4.79 Å². The summed E-state index contributed by atoms with van der Waals surface area (Å²) >= 11 is 0. The van der Waals surface area contributed by atoms with E-state index in [4.69, 9.17) is 14.2 Å². The van der Waals surface area contributed by atoms with Crippen LogP contribution in [0.25, 0.3) is 11.1 Å². The van der Waals surface area contributed by atoms with Crippen molar-refractivity contribution in [1.29, 1.82) is 0 Å². The number of hydrogen-bond donors (Lipinski definition) is 1. The molecule has 204 valence electrons. The average molecular weight is 530 g/mol. The summed E-state index contributed by atoms with van der Waals surface area (Å²) in [5.74, 6) is -1.22. The highest BCUT2D eigenvalue weighted by atomic mass is 16.6. The number of esters is 2. The molecule has 0 radical (unpaired) electrons. The fourth-order valence-corrected chi connectivity index (χ4v) is 4.63. The van der Waals surface area contributed by atoms with Crippen LogP contribution >= 0.6 is 0 Å². The molecule has 0 saturated carbocycles. The van der Waals surface area contributed by atoms with Gasteiger partial charge in [-0.3, -0.25) is 4.79 Å². The molecule has 0 saturated heterocycles. The minimum absolute atomic E-state index is 0.0197. The van der Waals surface area contributed by atoms with Gasteiger partial charge < -0.3 is 19.5 Å². The molecule has 1 aliphatic carbocycles. The first-order chi connectivity index (χ1) is 18.6. The summed E-state index contributed by atoms with van der Waals surface area (Å²) in [7, 11) is 0. The van der Waals surface area contributed by atoms with Gasteiger partial charge in [0.1, 0.15) is 24.9 Å². The molecule has 3 aromatic rings. The van der Waals surface area contributed by atoms with Crippen molar-refractivity contribution in [3.8, 4) is 11.1 Å². The van der Waals surface area contributed by atoms with Gasteiger partial charge in [-0.05, 0) is 61.9 Å². The Morgan fingerprint density at radius 2 is 1.44 bits per heavy atom. The van der Waals surface area contributed by atoms with Crippen molar-refractivity contribution in [3.05, 3.63) is 95.1 Å². The van der Waals surface area contributed by atoms with Gasteiger partial charge in [-0.25, -0.2) is 9.59 Å². The van der Waals surface area contributed by atoms with Crippen LogP contribution in [-0.4, -0.2) is 36.3 Å². The zero-order valence-corrected chi connectivity index (χ0v) is 22.9. The summed E-state index contributed by atoms with van der Waals surface area (Å²) in [6, 6.07) is 22.6. The topological polar surface area (TPSA) is 90.9 Å². The van der Waals surface area contributed by atoms with E-state index in [9.17, 15) is 14.4 Å². The molecule has 0 aliphatic heterocycles. The molecule has 39 heavy (non-hydrogen) atoms. The number of aryl methyl sites for hydroxylation is 1. The Balaban J connectivity index is 1.40. The van der Waals surface area contributed by atoms with E-state index < -0.39 is 29.7 Å². The summed E-state index contributed by atoms with van der Waals surface area (Å²) < 4.78 is 16.4. The van der Waals surface area contributed by atoms with Crippen LogP contribution in [0.1, 0.15) is 61.8 Å². The Kier molecular flexibility index (Phi) is 8.69. The average Bonchev–Trinajstić information content (AvgIpc) is 3.22. The number of ether oxygens (including phenoxy) is 3. The van der Waals surface area contributed by atoms with Gasteiger partial charge in [-0.1, -0.05) is 78.4 Å². The van der Waals surface area contributed by atoms with Gasteiger partial charge in [-0.15, -0.1) is 0 Å². The molecule has 1 unspecified atom stereocenters. The molecule has 1 N–H and O–H groups in total. The lowest BCUT2D eigenvalue weighted by atomic mass is 9.98. The van der Waals surface area contributed by atoms with Gasteiger partial charge in [0.25, 0.3) is 0 Å². The number of nitrogens with one attached hydrogen (secondary N) is 1. The number of rotatable bonds is 9. The SMILES string of the molecule is Cc1ccc(COC(=O)C(CCC(=O)OC(C)(C)C)NC(=O)OCC2c3ccccc3-c3ccccc32)cc1. The van der Waals surface area contributed by atoms with Crippen LogP contribution in [0, 0.1) is 6.92 Å². The van der Waals surface area contributed by atoms with E-state index in [1.165, 1.54) is 0 Å². The second-order valence-corrected chi connectivity index (χ2v) is 10.7. The summed E-state index contributed by atoms with van der Waals surface area (Å²) in [6.07, 6.45) is -0.796. The van der Waals surface area contributed by atoms with Crippen molar-refractivity contribution in [1.82, 2.24) is 5.32 Å². The summed E-state index contributed by atoms with van der Waals surface area (Å²) in [5, 5.41) is 2.61. The van der Waals surface area contributed by atoms with E-state index in [0.717, 1.165) is 33.4 Å². The largest absolute Gasteiger partial charge is 0.460 e. The molecule has 4 rings (SSSR count). The first-order valence-corrected chi connectivity index (χ1v) is 13.2. The van der Waals surface area contributed by atoms with E-state index in [-0.39, 0.29) is 32.0 Å². The zero-order valence-electron chi connectivity index (χ0n) is 22.9. The maximum atomic E-state index is 13.0. The monoisotopic (exact) mass is 529 g/mol. The van der Waals surface area contributed by atoms with Crippen molar-refractivity contribution in [2.45, 2.75) is 64.7 Å². The molecule has 0 fully saturated rings. The number of carbonyl (C=O) groups excluding carboxylic acids is 3. The maximum Gasteiger partial charge on any atom is 0.407 e. The molecule has 7 nitrogen and oxygen atoms in total. The molecule has 3 aromatic carbocycles. The molecule has 1 aliphatic rings. The second kappa shape index (κ2) is 12.2. The fourth-order valence-electron chi connectivity index (χ4n) is 4.63. The smallest absolute Gasteiger partial charge is 0.407 e. The van der Waals surface area contributed by atoms with Crippen LogP contribution in [0.3, 0.4) is 0 Å². The number of alkyl carbamates (subject to hydrolysis) is 1. The van der Waals surface area contributed by atoms with Crippen LogP contribution in [0.5, 0.6) is 0 Å². The first kappa shape index (κ1) is 27.9. The molecule has 1 atom stereocenters. The third-order valence-electron chi connectivity index (χ3n) is 6.48. The Morgan fingerprint density at radius 1 is 0.846 bits per heavy atom. The minimum Gasteiger partial charge on any atom is -0.460 e. The number of carbonyl (C=O) groups is 3. The number of benzene rings is 3. The minimum atomic E-state index is -1.07. The molecular formula is C32H35NO6. The van der Waals surface area contributed by atoms with Gasteiger partial charge >= 0.3 is 18.0 Å². The first-order valence-electron chi connectivity index (χ1n) is 13.2. The Morgan fingerprint density at radius 3 is 2.03 bits per heavy atom. The number of hydrogen-bond acceptors (Lipinski definition) is 6. The van der Waals surface area contributed by atoms with E-state index >= 15 is 0 Å². The Bertz CT molecular complexity index is 1280. The van der Waals surface area contributed by atoms with E-state index in [1.807, 2.05) is 67.6 Å². The van der Waals surface area contributed by atoms with Gasteiger partial charge in [0.2, 0.25) is 0 Å². The predicted molar refractivity (Wildman–Crippen MR) is 148 cm³/mol. The van der Waals surface area contributed by atoms with Crippen molar-refractivity contribution < 1.29 is 28.6 Å². The van der Waals surface area contributed by atoms with Crippen LogP contribution in [0.15, 0.2) is 72.8 Å². The van der Waals surface area contributed by atoms with Crippen LogP contribution < -0.4 is 5.32 Å². The van der Waals surface area contributed by atoms with Crippen molar-refractivity contribution in [2.75, 3.05) is 6.61 Å². The van der Waals surface area contributed by atoms with Crippen LogP contribution in [-0.2, 0) is 30.4 Å². The predicted octanol–water partition coefficient (Wildman–Crippen LogP) is 6.07. The lowest BCUT2D eigenvalue weighted by Crippen LogP contribution is -2.43. The quantitative estimate of drug-likeness (QED) is 0.267. The highest BCUT2D eigenvalue weighted by Crippen LogP contribution is 2.44. The summed E-state index contributed by atoms with van der Waals surface area (Å²) in [5.41, 5.74) is 5.68. The lowest BCUT2D eigenvalue weighted by Gasteiger charge is -2.21. The zero-order chi connectivity index (χ0) is 28.0. The molecule has 1 amide bonds. The molecule has 0 bridgehead atoms. The van der Waals surface area contributed by atoms with Gasteiger partial charge in [0.15, 0.2) is 0 Å². The molecule has 0 spiro atoms. The second-order valence-electron chi connectivity index (χ2n) is 10.7. The lowest BCUT2D eigenvalue weighted by molar-refractivity contribution is -0.155. The molecular weight excluding hydrogens is 494 g/mol. The normalized spacial score (nSPS) is 13.1. The summed E-state index contributed by atoms with van der Waals surface area (Å²) in [6.45, 7) is 7.44. The van der Waals surface area contributed by atoms with E-state index in [0.29, 0.717) is 0 Å². The van der Waals surface area contributed by atoms with Crippen LogP contribution in [0.2, 0.25) is 0 Å². The molecule has 0 aromatic heterocycles. The standard InChI is InChI=1S/C32H35NO6/c1-21-13-15-22(16-14-21)19-37-30(35)28(17-18-29(34)39-32(2,3)4)33-31(36)38-20-27-25-11-7-5-9-23(25)24-10-6-8-12-26(24)27/h5-16,27-28H,17-20H2,1-4H3,(H,33,36). The Hall–Kier alpha value is -4.13. The molecule has 0 heterocycles. The third-order valence-corrected chi connectivity index (χ3v) is 6.48. The number of fused-ring (bicyclic) bond motifs is 3. The number of amides is 1. The van der Waals surface area contributed by atoms with Gasteiger partial charge in [0.05, 0.1) is 0 Å². The highest BCUT2D eigenvalue weighted by molar-refractivity contribution is 5.83. The highest BCUT2D eigenvalue weighted by Gasteiger charge is 2.30. The van der Waals surface area contributed by atoms with E-state index in [1.54, 1.807) is 20.8 Å². The summed E-state index contributed by atoms with van der Waals surface area (Å²) in [4.78, 5) is 38.1. The van der Waals surface area contributed by atoms with E-state index in [2.05, 4.69) is 17.4 Å². The Labute approximate surface area is 229 Å². The fraction of sp³-hybridized carbons (Fsp3) is 0.344. The van der Waals surface area contributed by atoms with Crippen molar-refractivity contribution in [3.63, 3.8) is 0 Å².